The van der Waals surface area contributed by atoms with E-state index in [1.807, 2.05) is 0 Å². The molecule has 3 unspecified atom stereocenters. The second-order valence-electron chi connectivity index (χ2n) is 2.80. The summed E-state index contributed by atoms with van der Waals surface area (Å²) in [5, 5.41) is 0. The van der Waals surface area contributed by atoms with Gasteiger partial charge in [-0.15, -0.1) is 0 Å². The second kappa shape index (κ2) is 1.88. The van der Waals surface area contributed by atoms with Crippen molar-refractivity contribution in [3.63, 3.8) is 0 Å². The Balaban J connectivity index is 2.27. The van der Waals surface area contributed by atoms with Crippen LogP contribution in [0.3, 0.4) is 0 Å². The molecule has 0 aliphatic heterocycles. The highest BCUT2D eigenvalue weighted by Gasteiger charge is 2.36. The van der Waals surface area contributed by atoms with E-state index in [-0.39, 0.29) is 0 Å². The van der Waals surface area contributed by atoms with Crippen LogP contribution in [0.15, 0.2) is 4.99 Å². The van der Waals surface area contributed by atoms with Crippen LogP contribution in [0, 0.1) is 11.8 Å². The van der Waals surface area contributed by atoms with Crippen molar-refractivity contribution in [2.24, 2.45) is 16.8 Å². The van der Waals surface area contributed by atoms with Gasteiger partial charge in [0, 0.05) is 6.04 Å². The van der Waals surface area contributed by atoms with Crippen molar-refractivity contribution in [1.29, 1.82) is 0 Å². The third-order valence-electron chi connectivity index (χ3n) is 2.08. The maximum atomic E-state index is 3.95. The van der Waals surface area contributed by atoms with Crippen molar-refractivity contribution < 1.29 is 0 Å². The molecule has 0 N–H and O–H groups in total. The fourth-order valence-electron chi connectivity index (χ4n) is 1.16. The van der Waals surface area contributed by atoms with Crippen molar-refractivity contribution in [2.75, 3.05) is 0 Å². The predicted molar refractivity (Wildman–Crippen MR) is 36.3 cm³/mol. The minimum atomic E-state index is 0.505. The summed E-state index contributed by atoms with van der Waals surface area (Å²) in [6.45, 7) is 7.92. The van der Waals surface area contributed by atoms with Gasteiger partial charge in [0.15, 0.2) is 0 Å². The zero-order valence-corrected chi connectivity index (χ0v) is 5.59. The molecule has 0 heterocycles. The average molecular weight is 111 g/mol. The van der Waals surface area contributed by atoms with Gasteiger partial charge in [0.25, 0.3) is 0 Å². The molecular formula is C7H13N. The van der Waals surface area contributed by atoms with Crippen molar-refractivity contribution in [3.8, 4) is 0 Å². The van der Waals surface area contributed by atoms with E-state index in [4.69, 9.17) is 0 Å². The van der Waals surface area contributed by atoms with Gasteiger partial charge in [0.05, 0.1) is 0 Å². The van der Waals surface area contributed by atoms with E-state index in [2.05, 4.69) is 25.6 Å². The summed E-state index contributed by atoms with van der Waals surface area (Å²) < 4.78 is 0. The van der Waals surface area contributed by atoms with E-state index < -0.39 is 0 Å². The van der Waals surface area contributed by atoms with Gasteiger partial charge in [-0.2, -0.15) is 0 Å². The van der Waals surface area contributed by atoms with Crippen LogP contribution < -0.4 is 0 Å². The van der Waals surface area contributed by atoms with Gasteiger partial charge in [0.1, 0.15) is 0 Å². The van der Waals surface area contributed by atoms with Gasteiger partial charge >= 0.3 is 0 Å². The molecule has 0 aromatic heterocycles. The molecule has 8 heavy (non-hydrogen) atoms. The van der Waals surface area contributed by atoms with Gasteiger partial charge in [-0.1, -0.05) is 6.92 Å². The van der Waals surface area contributed by atoms with Gasteiger partial charge in [-0.3, -0.25) is 4.99 Å². The standard InChI is InChI=1S/C7H13N/c1-5-4-7(5)6(2)8-3/h5-7H,3-4H2,1-2H3. The predicted octanol–water partition coefficient (Wildman–Crippen LogP) is 1.73. The van der Waals surface area contributed by atoms with Crippen molar-refractivity contribution in [3.05, 3.63) is 0 Å². The first-order valence-electron chi connectivity index (χ1n) is 3.21. The smallest absolute Gasteiger partial charge is 0.0495 e. The largest absolute Gasteiger partial charge is 0.298 e. The highest BCUT2D eigenvalue weighted by Crippen LogP contribution is 2.41. The third-order valence-corrected chi connectivity index (χ3v) is 2.08. The van der Waals surface area contributed by atoms with Crippen LogP contribution >= 0.6 is 0 Å². The Morgan fingerprint density at radius 1 is 1.75 bits per heavy atom. The molecule has 0 aromatic rings. The quantitative estimate of drug-likeness (QED) is 0.481. The summed E-state index contributed by atoms with van der Waals surface area (Å²) in [6.07, 6.45) is 1.36. The van der Waals surface area contributed by atoms with E-state index >= 15 is 0 Å². The SMILES string of the molecule is C=NC(C)C1CC1C. The lowest BCUT2D eigenvalue weighted by atomic mass is 10.2. The summed E-state index contributed by atoms with van der Waals surface area (Å²) in [5.74, 6) is 1.77. The van der Waals surface area contributed by atoms with Gasteiger partial charge < -0.3 is 0 Å². The fraction of sp³-hybridized carbons (Fsp3) is 0.857. The molecule has 46 valence electrons. The minimum Gasteiger partial charge on any atom is -0.298 e. The van der Waals surface area contributed by atoms with E-state index in [0.29, 0.717) is 6.04 Å². The minimum absolute atomic E-state index is 0.505. The number of hydrogen-bond donors (Lipinski definition) is 0. The van der Waals surface area contributed by atoms with Crippen LogP contribution in [0.5, 0.6) is 0 Å². The van der Waals surface area contributed by atoms with Crippen LogP contribution in [-0.2, 0) is 0 Å². The Morgan fingerprint density at radius 3 is 2.38 bits per heavy atom. The zero-order chi connectivity index (χ0) is 6.15. The summed E-state index contributed by atoms with van der Waals surface area (Å²) in [6, 6.07) is 0.505. The lowest BCUT2D eigenvalue weighted by Gasteiger charge is -1.99. The summed E-state index contributed by atoms with van der Waals surface area (Å²) in [4.78, 5) is 3.95. The number of hydrogen-bond acceptors (Lipinski definition) is 1. The molecule has 1 saturated carbocycles. The maximum absolute atomic E-state index is 3.95. The first-order chi connectivity index (χ1) is 3.75. The van der Waals surface area contributed by atoms with Crippen molar-refractivity contribution in [2.45, 2.75) is 26.3 Å². The average Bonchev–Trinajstić information content (AvgIpc) is 2.45. The summed E-state index contributed by atoms with van der Waals surface area (Å²) in [7, 11) is 0. The molecule has 1 rings (SSSR count). The maximum Gasteiger partial charge on any atom is 0.0495 e. The number of nitrogens with zero attached hydrogens (tertiary/aromatic N) is 1. The Hall–Kier alpha value is -0.330. The number of aliphatic imine (C=N–C) groups is 1. The molecule has 1 fully saturated rings. The van der Waals surface area contributed by atoms with Crippen LogP contribution in [0.2, 0.25) is 0 Å². The lowest BCUT2D eigenvalue weighted by Crippen LogP contribution is -1.99. The van der Waals surface area contributed by atoms with Crippen molar-refractivity contribution >= 4 is 6.72 Å². The first kappa shape index (κ1) is 5.80. The molecule has 1 aliphatic carbocycles. The Morgan fingerprint density at radius 2 is 2.25 bits per heavy atom. The molecule has 1 aliphatic rings. The highest BCUT2D eigenvalue weighted by atomic mass is 14.8. The summed E-state index contributed by atoms with van der Waals surface area (Å²) in [5.41, 5.74) is 0. The molecule has 0 bridgehead atoms. The van der Waals surface area contributed by atoms with Crippen LogP contribution in [-0.4, -0.2) is 12.8 Å². The lowest BCUT2D eigenvalue weighted by molar-refractivity contribution is 0.614. The molecule has 0 spiro atoms. The first-order valence-corrected chi connectivity index (χ1v) is 3.21. The molecule has 0 saturated heterocycles. The van der Waals surface area contributed by atoms with Crippen molar-refractivity contribution in [1.82, 2.24) is 0 Å². The van der Waals surface area contributed by atoms with E-state index in [0.717, 1.165) is 11.8 Å². The van der Waals surface area contributed by atoms with Crippen LogP contribution in [0.4, 0.5) is 0 Å². The third kappa shape index (κ3) is 0.908. The molecule has 1 heteroatoms. The van der Waals surface area contributed by atoms with Crippen LogP contribution in [0.1, 0.15) is 20.3 Å². The second-order valence-corrected chi connectivity index (χ2v) is 2.80. The molecule has 1 nitrogen and oxygen atoms in total. The van der Waals surface area contributed by atoms with Gasteiger partial charge in [-0.25, -0.2) is 0 Å². The molecular weight excluding hydrogens is 98.1 g/mol. The van der Waals surface area contributed by atoms with Gasteiger partial charge in [0.2, 0.25) is 0 Å². The fourth-order valence-corrected chi connectivity index (χ4v) is 1.16. The topological polar surface area (TPSA) is 12.4 Å². The molecule has 3 atom stereocenters. The Labute approximate surface area is 50.8 Å². The Bertz CT molecular complexity index is 98.6. The Kier molecular flexibility index (Phi) is 1.37. The number of rotatable bonds is 2. The molecule has 0 aromatic carbocycles. The normalized spacial score (nSPS) is 38.8. The van der Waals surface area contributed by atoms with E-state index in [1.54, 1.807) is 0 Å². The van der Waals surface area contributed by atoms with Gasteiger partial charge in [-0.05, 0) is 31.9 Å². The highest BCUT2D eigenvalue weighted by molar-refractivity contribution is 5.24. The molecule has 0 radical (unpaired) electrons. The zero-order valence-electron chi connectivity index (χ0n) is 5.59. The van der Waals surface area contributed by atoms with E-state index in [9.17, 15) is 0 Å². The van der Waals surface area contributed by atoms with E-state index in [1.165, 1.54) is 6.42 Å². The molecule has 0 amide bonds. The summed E-state index contributed by atoms with van der Waals surface area (Å²) >= 11 is 0. The van der Waals surface area contributed by atoms with Crippen LogP contribution in [0.25, 0.3) is 0 Å². The monoisotopic (exact) mass is 111 g/mol.